The van der Waals surface area contributed by atoms with Crippen LogP contribution in [0, 0.1) is 5.92 Å². The van der Waals surface area contributed by atoms with Crippen molar-refractivity contribution in [2.75, 3.05) is 6.54 Å². The van der Waals surface area contributed by atoms with Crippen LogP contribution >= 0.6 is 0 Å². The summed E-state index contributed by atoms with van der Waals surface area (Å²) in [5, 5.41) is 10.4. The van der Waals surface area contributed by atoms with Gasteiger partial charge < -0.3 is 38.9 Å². The van der Waals surface area contributed by atoms with E-state index < -0.39 is 47.8 Å². The molecule has 0 unspecified atom stereocenters. The predicted molar refractivity (Wildman–Crippen MR) is 180 cm³/mol. The Kier molecular flexibility index (Phi) is 13.5. The first-order valence-corrected chi connectivity index (χ1v) is 15.5. The van der Waals surface area contributed by atoms with Crippen molar-refractivity contribution in [3.8, 4) is 0 Å². The van der Waals surface area contributed by atoms with Gasteiger partial charge in [-0.2, -0.15) is 0 Å². The summed E-state index contributed by atoms with van der Waals surface area (Å²) in [5.41, 5.74) is 24.2. The topological polar surface area (TPSA) is 221 Å². The van der Waals surface area contributed by atoms with Crippen molar-refractivity contribution in [1.82, 2.24) is 16.0 Å². The Morgan fingerprint density at radius 1 is 0.739 bits per heavy atom. The fourth-order valence-corrected chi connectivity index (χ4v) is 5.06. The molecule has 3 rings (SSSR count). The second-order valence-corrected chi connectivity index (χ2v) is 11.5. The van der Waals surface area contributed by atoms with Crippen LogP contribution in [0.1, 0.15) is 44.2 Å². The maximum absolute atomic E-state index is 13.9. The molecule has 0 bridgehead atoms. The van der Waals surface area contributed by atoms with Gasteiger partial charge >= 0.3 is 0 Å². The van der Waals surface area contributed by atoms with Crippen molar-refractivity contribution in [2.45, 2.75) is 70.1 Å². The number of hydrogen-bond acceptors (Lipinski definition) is 6. The molecule has 0 spiro atoms. The van der Waals surface area contributed by atoms with Gasteiger partial charge in [0.15, 0.2) is 5.96 Å². The first-order valence-electron chi connectivity index (χ1n) is 15.5. The van der Waals surface area contributed by atoms with E-state index in [1.165, 1.54) is 0 Å². The summed E-state index contributed by atoms with van der Waals surface area (Å²) >= 11 is 0. The number of nitrogens with two attached hydrogens (primary N) is 4. The molecule has 12 nitrogen and oxygen atoms in total. The number of guanidine groups is 1. The van der Waals surface area contributed by atoms with Crippen molar-refractivity contribution in [3.63, 3.8) is 0 Å². The summed E-state index contributed by atoms with van der Waals surface area (Å²) in [4.78, 5) is 56.7. The van der Waals surface area contributed by atoms with E-state index in [2.05, 4.69) is 20.9 Å². The first kappa shape index (κ1) is 35.5. The third kappa shape index (κ3) is 10.9. The lowest BCUT2D eigenvalue weighted by Gasteiger charge is -2.28. The van der Waals surface area contributed by atoms with Gasteiger partial charge in [-0.3, -0.25) is 24.2 Å². The maximum Gasteiger partial charge on any atom is 0.243 e. The minimum absolute atomic E-state index is 0.0782. The van der Waals surface area contributed by atoms with Gasteiger partial charge in [0.1, 0.15) is 18.1 Å². The van der Waals surface area contributed by atoms with Crippen LogP contribution in [0.15, 0.2) is 77.8 Å². The largest absolute Gasteiger partial charge is 0.370 e. The molecule has 11 N–H and O–H groups in total. The molecule has 0 radical (unpaired) electrons. The molecule has 246 valence electrons. The molecule has 0 heterocycles. The number of hydrogen-bond donors (Lipinski definition) is 7. The molecule has 5 atom stereocenters. The van der Waals surface area contributed by atoms with Crippen LogP contribution in [-0.4, -0.2) is 60.3 Å². The fourth-order valence-electron chi connectivity index (χ4n) is 5.06. The number of amides is 4. The average molecular weight is 631 g/mol. The molecule has 12 heteroatoms. The van der Waals surface area contributed by atoms with Crippen molar-refractivity contribution in [2.24, 2.45) is 33.8 Å². The third-order valence-corrected chi connectivity index (χ3v) is 7.92. The number of aliphatic imine (C=N–C) groups is 1. The van der Waals surface area contributed by atoms with E-state index in [9.17, 15) is 19.2 Å². The van der Waals surface area contributed by atoms with E-state index in [4.69, 9.17) is 22.9 Å². The van der Waals surface area contributed by atoms with Gasteiger partial charge in [-0.15, -0.1) is 0 Å². The van der Waals surface area contributed by atoms with Crippen LogP contribution in [0.5, 0.6) is 0 Å². The van der Waals surface area contributed by atoms with Gasteiger partial charge in [0, 0.05) is 13.0 Å². The quantitative estimate of drug-likeness (QED) is 0.0650. The van der Waals surface area contributed by atoms with Gasteiger partial charge in [-0.25, -0.2) is 0 Å². The number of carbonyl (C=O) groups excluding carboxylic acids is 4. The van der Waals surface area contributed by atoms with E-state index in [1.54, 1.807) is 0 Å². The Labute approximate surface area is 269 Å². The number of nitrogens with zero attached hydrogens (tertiary/aromatic N) is 1. The van der Waals surface area contributed by atoms with Crippen LogP contribution in [-0.2, 0) is 32.0 Å². The minimum Gasteiger partial charge on any atom is -0.370 e. The van der Waals surface area contributed by atoms with Crippen LogP contribution in [0.3, 0.4) is 0 Å². The van der Waals surface area contributed by atoms with Gasteiger partial charge in [-0.1, -0.05) is 93.1 Å². The molecule has 0 saturated carbocycles. The normalized spacial score (nSPS) is 14.2. The van der Waals surface area contributed by atoms with Crippen molar-refractivity contribution < 1.29 is 19.2 Å². The van der Waals surface area contributed by atoms with E-state index in [1.807, 2.05) is 86.6 Å². The van der Waals surface area contributed by atoms with Gasteiger partial charge in [0.2, 0.25) is 23.6 Å². The number of carbonyl (C=O) groups is 4. The lowest BCUT2D eigenvalue weighted by molar-refractivity contribution is -0.134. The van der Waals surface area contributed by atoms with Gasteiger partial charge in [-0.05, 0) is 47.1 Å². The Morgan fingerprint density at radius 3 is 2.04 bits per heavy atom. The second-order valence-electron chi connectivity index (χ2n) is 11.5. The lowest BCUT2D eigenvalue weighted by atomic mass is 9.96. The van der Waals surface area contributed by atoms with Crippen LogP contribution in [0.25, 0.3) is 10.8 Å². The molecule has 0 saturated heterocycles. The Morgan fingerprint density at radius 2 is 1.39 bits per heavy atom. The Balaban J connectivity index is 1.81. The molecule has 0 aliphatic rings. The number of nitrogens with one attached hydrogen (secondary N) is 3. The van der Waals surface area contributed by atoms with Crippen molar-refractivity contribution >= 4 is 40.4 Å². The van der Waals surface area contributed by atoms with Crippen LogP contribution in [0.4, 0.5) is 0 Å². The zero-order valence-corrected chi connectivity index (χ0v) is 26.4. The van der Waals surface area contributed by atoms with Gasteiger partial charge in [0.25, 0.3) is 0 Å². The predicted octanol–water partition coefficient (Wildman–Crippen LogP) is 0.992. The fraction of sp³-hybridized carbons (Fsp3) is 0.382. The molecule has 3 aromatic carbocycles. The second kappa shape index (κ2) is 17.5. The summed E-state index contributed by atoms with van der Waals surface area (Å²) in [6, 6.07) is 19.1. The number of rotatable bonds is 17. The maximum atomic E-state index is 13.9. The summed E-state index contributed by atoms with van der Waals surface area (Å²) in [7, 11) is 0. The van der Waals surface area contributed by atoms with E-state index in [0.29, 0.717) is 12.8 Å². The molecule has 0 aliphatic heterocycles. The summed E-state index contributed by atoms with van der Waals surface area (Å²) in [6.07, 6.45) is 1.60. The number of fused-ring (bicyclic) bond motifs is 1. The molecular weight excluding hydrogens is 584 g/mol. The zero-order chi connectivity index (χ0) is 33.6. The standard InChI is InChI=1S/C34H46N8O4/c1-3-21(2)29(33(46)40-27(30(36)43)14-9-17-39-34(37)38)42-32(45)28(20-23-15-16-24-12-7-8-13-25(24)18-23)41-31(44)26(35)19-22-10-5-4-6-11-22/h4-8,10-13,15-16,18,21,26-29H,3,9,14,17,19-20,35H2,1-2H3,(H2,36,43)(H,40,46)(H,41,44)(H,42,45)(H4,37,38,39)/t21-,26-,27-,28-,29+/m0/s1. The summed E-state index contributed by atoms with van der Waals surface area (Å²) < 4.78 is 0. The molecule has 4 amide bonds. The van der Waals surface area contributed by atoms with Crippen LogP contribution < -0.4 is 38.9 Å². The molecular formula is C34H46N8O4. The highest BCUT2D eigenvalue weighted by atomic mass is 16.2. The zero-order valence-electron chi connectivity index (χ0n) is 26.4. The van der Waals surface area contributed by atoms with E-state index in [0.717, 1.165) is 21.9 Å². The summed E-state index contributed by atoms with van der Waals surface area (Å²) in [5.74, 6) is -2.73. The van der Waals surface area contributed by atoms with Crippen LogP contribution in [0.2, 0.25) is 0 Å². The van der Waals surface area contributed by atoms with E-state index in [-0.39, 0.29) is 37.7 Å². The molecule has 3 aromatic rings. The minimum atomic E-state index is -1.04. The average Bonchev–Trinajstić information content (AvgIpc) is 3.04. The number of benzene rings is 3. The van der Waals surface area contributed by atoms with E-state index >= 15 is 0 Å². The molecule has 46 heavy (non-hydrogen) atoms. The van der Waals surface area contributed by atoms with Gasteiger partial charge in [0.05, 0.1) is 6.04 Å². The SMILES string of the molecule is CC[C@H](C)[C@@H](NC(=O)[C@H](Cc1ccc2ccccc2c1)NC(=O)[C@@H](N)Cc1ccccc1)C(=O)N[C@@H](CCCN=C(N)N)C(N)=O. The third-order valence-electron chi connectivity index (χ3n) is 7.92. The molecule has 0 aliphatic carbocycles. The first-order chi connectivity index (χ1) is 22.0. The summed E-state index contributed by atoms with van der Waals surface area (Å²) in [6.45, 7) is 3.96. The van der Waals surface area contributed by atoms with Crippen molar-refractivity contribution in [3.05, 3.63) is 83.9 Å². The highest BCUT2D eigenvalue weighted by Gasteiger charge is 2.32. The lowest BCUT2D eigenvalue weighted by Crippen LogP contribution is -2.59. The monoisotopic (exact) mass is 630 g/mol. The Bertz CT molecular complexity index is 1510. The highest BCUT2D eigenvalue weighted by molar-refractivity contribution is 5.95. The smallest absolute Gasteiger partial charge is 0.243 e. The van der Waals surface area contributed by atoms with Crippen molar-refractivity contribution in [1.29, 1.82) is 0 Å². The molecule has 0 fully saturated rings. The Hall–Kier alpha value is -4.97. The number of primary amides is 1. The highest BCUT2D eigenvalue weighted by Crippen LogP contribution is 2.18. The molecule has 0 aromatic heterocycles.